The summed E-state index contributed by atoms with van der Waals surface area (Å²) in [4.78, 5) is 28.5. The Morgan fingerprint density at radius 1 is 1.15 bits per heavy atom. The van der Waals surface area contributed by atoms with Crippen molar-refractivity contribution >= 4 is 55.4 Å². The minimum atomic E-state index is -2.51. The Kier molecular flexibility index (Phi) is 8.84. The lowest BCUT2D eigenvalue weighted by Crippen LogP contribution is -2.29. The van der Waals surface area contributed by atoms with Gasteiger partial charge >= 0.3 is 0 Å². The Hall–Kier alpha value is -4.55. The average molecular weight is 577 g/mol. The fourth-order valence-electron chi connectivity index (χ4n) is 4.26. The number of aromatic nitrogens is 3. The first-order chi connectivity index (χ1) is 19.5. The molecule has 0 aliphatic rings. The summed E-state index contributed by atoms with van der Waals surface area (Å²) in [5.41, 5.74) is 4.27. The highest BCUT2D eigenvalue weighted by Crippen LogP contribution is 2.38. The number of fused-ring (bicyclic) bond motifs is 1. The number of hydrogen-bond donors (Lipinski definition) is 3. The summed E-state index contributed by atoms with van der Waals surface area (Å²) >= 11 is 0. The molecule has 4 rings (SSSR count). The predicted molar refractivity (Wildman–Crippen MR) is 170 cm³/mol. The van der Waals surface area contributed by atoms with Crippen LogP contribution in [0.1, 0.15) is 0 Å². The first kappa shape index (κ1) is 29.4. The second-order valence-corrected chi connectivity index (χ2v) is 12.1. The molecule has 0 bridgehead atoms. The van der Waals surface area contributed by atoms with E-state index in [1.165, 1.54) is 6.08 Å². The minimum Gasteiger partial charge on any atom is -0.494 e. The maximum atomic E-state index is 12.4. The van der Waals surface area contributed by atoms with E-state index in [1.54, 1.807) is 36.4 Å². The number of ether oxygens (including phenoxy) is 1. The molecule has 0 spiro atoms. The molecule has 2 aromatic heterocycles. The number of nitrogens with zero attached hydrogens (tertiary/aromatic N) is 5. The third-order valence-corrected chi connectivity index (χ3v) is 6.82. The molecule has 11 nitrogen and oxygen atoms in total. The van der Waals surface area contributed by atoms with Gasteiger partial charge in [-0.15, -0.1) is 0 Å². The van der Waals surface area contributed by atoms with Crippen LogP contribution in [-0.4, -0.2) is 83.1 Å². The van der Waals surface area contributed by atoms with Gasteiger partial charge in [-0.3, -0.25) is 14.3 Å². The Morgan fingerprint density at radius 3 is 2.59 bits per heavy atom. The normalized spacial score (nSPS) is 12.5. The molecule has 3 N–H and O–H groups in total. The van der Waals surface area contributed by atoms with E-state index < -0.39 is 9.71 Å². The summed E-state index contributed by atoms with van der Waals surface area (Å²) in [7, 11) is 5.04. The zero-order valence-corrected chi connectivity index (χ0v) is 24.8. The number of para-hydroxylation sites is 1. The number of nitrogens with one attached hydrogen (secondary N) is 3. The lowest BCUT2D eigenvalue weighted by molar-refractivity contribution is -0.111. The molecule has 0 saturated heterocycles. The third kappa shape index (κ3) is 7.16. The lowest BCUT2D eigenvalue weighted by Gasteiger charge is -2.26. The molecule has 1 amide bonds. The van der Waals surface area contributed by atoms with Crippen LogP contribution >= 0.6 is 0 Å². The van der Waals surface area contributed by atoms with Crippen LogP contribution in [0.3, 0.4) is 0 Å². The van der Waals surface area contributed by atoms with Gasteiger partial charge in [0.15, 0.2) is 0 Å². The van der Waals surface area contributed by atoms with Crippen molar-refractivity contribution in [1.82, 2.24) is 19.5 Å². The van der Waals surface area contributed by atoms with E-state index in [2.05, 4.69) is 37.8 Å². The molecule has 4 aromatic rings. The fraction of sp³-hybridized carbons (Fsp3) is 0.241. The van der Waals surface area contributed by atoms with Gasteiger partial charge in [0, 0.05) is 55.8 Å². The maximum absolute atomic E-state index is 12.4. The lowest BCUT2D eigenvalue weighted by atomic mass is 10.1. The van der Waals surface area contributed by atoms with E-state index in [0.29, 0.717) is 28.8 Å². The van der Waals surface area contributed by atoms with Gasteiger partial charge in [0.2, 0.25) is 11.9 Å². The molecule has 2 heterocycles. The van der Waals surface area contributed by atoms with Crippen LogP contribution < -0.4 is 25.1 Å². The summed E-state index contributed by atoms with van der Waals surface area (Å²) in [5, 5.41) is 7.06. The van der Waals surface area contributed by atoms with Crippen molar-refractivity contribution in [2.24, 2.45) is 0 Å². The highest BCUT2D eigenvalue weighted by molar-refractivity contribution is 8.00. The van der Waals surface area contributed by atoms with Crippen molar-refractivity contribution < 1.29 is 13.7 Å². The van der Waals surface area contributed by atoms with E-state index >= 15 is 0 Å². The molecule has 1 unspecified atom stereocenters. The Morgan fingerprint density at radius 2 is 1.90 bits per heavy atom. The van der Waals surface area contributed by atoms with Crippen molar-refractivity contribution in [3.05, 3.63) is 67.5 Å². The molecule has 216 valence electrons. The Balaban J connectivity index is 1.73. The Labute approximate surface area is 241 Å². The standard InChI is InChI=1S/C29H36N8O3S/c1-8-28(38)31-23-17-24(27(40-5)18-26(23)36(4)16-15-35(2)3)33-29-30-14-13-22(32-29)21-19-37(34-41(6,7)39)25-12-10-9-11-20(21)25/h8-14,17-19H,1,6,15-16H2,2-5,7H3,(H,31,38)(H,34,39)(H,30,32,33). The quantitative estimate of drug-likeness (QED) is 0.172. The number of amides is 1. The number of likely N-dealkylation sites (N-methyl/N-ethyl adjacent to an activating group) is 2. The Bertz CT molecular complexity index is 1680. The topological polar surface area (TPSA) is 117 Å². The molecule has 2 aromatic carbocycles. The van der Waals surface area contributed by atoms with Crippen molar-refractivity contribution in [3.8, 4) is 17.0 Å². The highest BCUT2D eigenvalue weighted by Gasteiger charge is 2.18. The molecule has 0 fully saturated rings. The highest BCUT2D eigenvalue weighted by atomic mass is 32.2. The van der Waals surface area contributed by atoms with Crippen LogP contribution in [0.4, 0.5) is 23.0 Å². The van der Waals surface area contributed by atoms with E-state index in [0.717, 1.165) is 35.2 Å². The molecular formula is C29H36N8O3S. The molecular weight excluding hydrogens is 540 g/mol. The monoisotopic (exact) mass is 576 g/mol. The van der Waals surface area contributed by atoms with Gasteiger partial charge in [-0.1, -0.05) is 24.8 Å². The van der Waals surface area contributed by atoms with Gasteiger partial charge in [0.25, 0.3) is 0 Å². The predicted octanol–water partition coefficient (Wildman–Crippen LogP) is 3.78. The fourth-order valence-corrected chi connectivity index (χ4v) is 4.83. The maximum Gasteiger partial charge on any atom is 0.247 e. The molecule has 1 atom stereocenters. The van der Waals surface area contributed by atoms with Gasteiger partial charge in [-0.05, 0) is 44.2 Å². The first-order valence-electron chi connectivity index (χ1n) is 12.8. The van der Waals surface area contributed by atoms with Gasteiger partial charge in [0.1, 0.15) is 5.75 Å². The second-order valence-electron chi connectivity index (χ2n) is 9.90. The number of rotatable bonds is 12. The zero-order valence-electron chi connectivity index (χ0n) is 24.0. The number of benzene rings is 2. The summed E-state index contributed by atoms with van der Waals surface area (Å²) in [6.07, 6.45) is 6.26. The van der Waals surface area contributed by atoms with Crippen LogP contribution in [0.2, 0.25) is 0 Å². The van der Waals surface area contributed by atoms with Gasteiger partial charge in [-0.2, -0.15) is 0 Å². The van der Waals surface area contributed by atoms with E-state index in [1.807, 2.05) is 62.6 Å². The van der Waals surface area contributed by atoms with Gasteiger partial charge in [-0.25, -0.2) is 14.2 Å². The number of carbonyl (C=O) groups is 1. The van der Waals surface area contributed by atoms with Crippen molar-refractivity contribution in [2.45, 2.75) is 0 Å². The van der Waals surface area contributed by atoms with E-state index in [9.17, 15) is 9.00 Å². The summed E-state index contributed by atoms with van der Waals surface area (Å²) in [6, 6.07) is 13.2. The number of hydrogen-bond acceptors (Lipinski definition) is 8. The van der Waals surface area contributed by atoms with Crippen molar-refractivity contribution in [1.29, 1.82) is 0 Å². The van der Waals surface area contributed by atoms with Crippen LogP contribution in [-0.2, 0) is 14.5 Å². The van der Waals surface area contributed by atoms with Crippen molar-refractivity contribution in [2.75, 3.05) is 68.0 Å². The minimum absolute atomic E-state index is 0.329. The molecule has 0 aliphatic heterocycles. The SMILES string of the molecule is C=CC(=O)Nc1cc(Nc2nccc(-c3cn(NS(=C)(C)=O)c4ccccc34)n2)c(OC)cc1N(C)CCN(C)C. The molecule has 0 aliphatic carbocycles. The van der Waals surface area contributed by atoms with E-state index in [4.69, 9.17) is 9.72 Å². The first-order valence-corrected chi connectivity index (χ1v) is 14.9. The number of anilines is 4. The second kappa shape index (κ2) is 12.3. The smallest absolute Gasteiger partial charge is 0.247 e. The van der Waals surface area contributed by atoms with E-state index in [-0.39, 0.29) is 5.91 Å². The third-order valence-electron chi connectivity index (χ3n) is 6.24. The van der Waals surface area contributed by atoms with Crippen LogP contribution in [0.25, 0.3) is 22.2 Å². The zero-order chi connectivity index (χ0) is 29.7. The van der Waals surface area contributed by atoms with Crippen LogP contribution in [0.5, 0.6) is 5.75 Å². The summed E-state index contributed by atoms with van der Waals surface area (Å²) in [6.45, 7) is 5.13. The van der Waals surface area contributed by atoms with Crippen LogP contribution in [0, 0.1) is 0 Å². The average Bonchev–Trinajstić information content (AvgIpc) is 3.29. The molecule has 12 heteroatoms. The number of methoxy groups -OCH3 is 1. The van der Waals surface area contributed by atoms with Crippen molar-refractivity contribution in [3.63, 3.8) is 0 Å². The van der Waals surface area contributed by atoms with Crippen LogP contribution in [0.15, 0.2) is 67.5 Å². The van der Waals surface area contributed by atoms with Gasteiger partial charge < -0.3 is 25.2 Å². The molecule has 0 radical (unpaired) electrons. The summed E-state index contributed by atoms with van der Waals surface area (Å²) in [5.74, 6) is 4.26. The molecule has 0 saturated carbocycles. The molecule has 41 heavy (non-hydrogen) atoms. The van der Waals surface area contributed by atoms with Gasteiger partial charge in [0.05, 0.1) is 45.1 Å². The largest absolute Gasteiger partial charge is 0.494 e. The summed E-state index contributed by atoms with van der Waals surface area (Å²) < 4.78 is 19.8. The number of carbonyl (C=O) groups excluding carboxylic acids is 1.